The molecule has 1 N–H and O–H groups in total. The molecule has 18 heavy (non-hydrogen) atoms. The molecule has 4 heteroatoms. The molecular formula is C14H22ClN3. The maximum Gasteiger partial charge on any atom is 0.129 e. The number of nitrogens with zero attached hydrogens (tertiary/aromatic N) is 2. The SMILES string of the molecule is CC(C)N(Cc1cccc(Cl)n1)CC1CCCN1. The number of rotatable bonds is 5. The van der Waals surface area contributed by atoms with Gasteiger partial charge in [0.1, 0.15) is 5.15 Å². The molecule has 1 fully saturated rings. The molecular weight excluding hydrogens is 246 g/mol. The molecule has 2 rings (SSSR count). The Kier molecular flexibility index (Phi) is 4.98. The van der Waals surface area contributed by atoms with E-state index in [0.29, 0.717) is 17.2 Å². The summed E-state index contributed by atoms with van der Waals surface area (Å²) in [5.41, 5.74) is 1.05. The molecule has 1 aromatic heterocycles. The molecule has 2 heterocycles. The van der Waals surface area contributed by atoms with Crippen LogP contribution < -0.4 is 5.32 Å². The monoisotopic (exact) mass is 267 g/mol. The first-order valence-corrected chi connectivity index (χ1v) is 7.12. The first kappa shape index (κ1) is 13.8. The average molecular weight is 268 g/mol. The third kappa shape index (κ3) is 3.94. The number of nitrogens with one attached hydrogen (secondary N) is 1. The molecule has 100 valence electrons. The van der Waals surface area contributed by atoms with Crippen LogP contribution in [0.15, 0.2) is 18.2 Å². The van der Waals surface area contributed by atoms with E-state index < -0.39 is 0 Å². The Labute approximate surface area is 115 Å². The zero-order valence-electron chi connectivity index (χ0n) is 11.2. The zero-order valence-corrected chi connectivity index (χ0v) is 12.0. The molecule has 0 aliphatic carbocycles. The van der Waals surface area contributed by atoms with Crippen molar-refractivity contribution >= 4 is 11.6 Å². The van der Waals surface area contributed by atoms with Gasteiger partial charge in [-0.3, -0.25) is 4.90 Å². The molecule has 0 saturated carbocycles. The van der Waals surface area contributed by atoms with Crippen molar-refractivity contribution in [3.05, 3.63) is 29.0 Å². The average Bonchev–Trinajstić information content (AvgIpc) is 2.81. The summed E-state index contributed by atoms with van der Waals surface area (Å²) in [6.45, 7) is 7.59. The number of hydrogen-bond donors (Lipinski definition) is 1. The van der Waals surface area contributed by atoms with Gasteiger partial charge in [-0.1, -0.05) is 17.7 Å². The highest BCUT2D eigenvalue weighted by atomic mass is 35.5. The highest BCUT2D eigenvalue weighted by molar-refractivity contribution is 6.29. The molecule has 1 saturated heterocycles. The first-order valence-electron chi connectivity index (χ1n) is 6.74. The second kappa shape index (κ2) is 6.50. The fourth-order valence-corrected chi connectivity index (χ4v) is 2.58. The van der Waals surface area contributed by atoms with Gasteiger partial charge in [0.25, 0.3) is 0 Å². The minimum absolute atomic E-state index is 0.521. The fraction of sp³-hybridized carbons (Fsp3) is 0.643. The highest BCUT2D eigenvalue weighted by Crippen LogP contribution is 2.13. The molecule has 1 aromatic rings. The standard InChI is InChI=1S/C14H22ClN3/c1-11(2)18(9-12-6-4-8-16-12)10-13-5-3-7-14(15)17-13/h3,5,7,11-12,16H,4,6,8-10H2,1-2H3. The molecule has 1 unspecified atom stereocenters. The van der Waals surface area contributed by atoms with Gasteiger partial charge in [0, 0.05) is 25.2 Å². The van der Waals surface area contributed by atoms with Gasteiger partial charge in [-0.15, -0.1) is 0 Å². The quantitative estimate of drug-likeness (QED) is 0.832. The molecule has 0 amide bonds. The maximum absolute atomic E-state index is 5.94. The summed E-state index contributed by atoms with van der Waals surface area (Å²) in [4.78, 5) is 6.83. The summed E-state index contributed by atoms with van der Waals surface area (Å²) in [7, 11) is 0. The topological polar surface area (TPSA) is 28.2 Å². The van der Waals surface area contributed by atoms with Crippen molar-refractivity contribution in [3.63, 3.8) is 0 Å². The Morgan fingerprint density at radius 3 is 2.94 bits per heavy atom. The number of aromatic nitrogens is 1. The first-order chi connectivity index (χ1) is 8.65. The van der Waals surface area contributed by atoms with Crippen molar-refractivity contribution in [1.29, 1.82) is 0 Å². The van der Waals surface area contributed by atoms with E-state index in [-0.39, 0.29) is 0 Å². The third-order valence-corrected chi connectivity index (χ3v) is 3.70. The van der Waals surface area contributed by atoms with E-state index in [1.807, 2.05) is 18.2 Å². The van der Waals surface area contributed by atoms with Crippen molar-refractivity contribution in [2.75, 3.05) is 13.1 Å². The Balaban J connectivity index is 1.97. The van der Waals surface area contributed by atoms with E-state index in [1.54, 1.807) is 0 Å². The highest BCUT2D eigenvalue weighted by Gasteiger charge is 2.20. The van der Waals surface area contributed by atoms with E-state index in [4.69, 9.17) is 11.6 Å². The van der Waals surface area contributed by atoms with E-state index in [9.17, 15) is 0 Å². The predicted molar refractivity (Wildman–Crippen MR) is 75.8 cm³/mol. The molecule has 0 radical (unpaired) electrons. The normalized spacial score (nSPS) is 19.9. The van der Waals surface area contributed by atoms with Crippen molar-refractivity contribution in [2.45, 2.75) is 45.3 Å². The van der Waals surface area contributed by atoms with Crippen LogP contribution in [0.3, 0.4) is 0 Å². The lowest BCUT2D eigenvalue weighted by Crippen LogP contribution is -2.40. The molecule has 1 atom stereocenters. The second-order valence-corrected chi connectivity index (χ2v) is 5.66. The van der Waals surface area contributed by atoms with E-state index >= 15 is 0 Å². The number of hydrogen-bond acceptors (Lipinski definition) is 3. The lowest BCUT2D eigenvalue weighted by atomic mass is 10.2. The van der Waals surface area contributed by atoms with Crippen LogP contribution in [0.2, 0.25) is 5.15 Å². The van der Waals surface area contributed by atoms with Gasteiger partial charge in [-0.25, -0.2) is 4.98 Å². The molecule has 1 aliphatic heterocycles. The maximum atomic E-state index is 5.94. The van der Waals surface area contributed by atoms with Gasteiger partial charge in [-0.05, 0) is 45.4 Å². The predicted octanol–water partition coefficient (Wildman–Crippen LogP) is 2.70. The minimum Gasteiger partial charge on any atom is -0.313 e. The lowest BCUT2D eigenvalue weighted by Gasteiger charge is -2.29. The summed E-state index contributed by atoms with van der Waals surface area (Å²) in [5, 5.41) is 4.13. The lowest BCUT2D eigenvalue weighted by molar-refractivity contribution is 0.192. The molecule has 0 spiro atoms. The van der Waals surface area contributed by atoms with Crippen molar-refractivity contribution in [3.8, 4) is 0 Å². The Morgan fingerprint density at radius 1 is 1.50 bits per heavy atom. The largest absolute Gasteiger partial charge is 0.313 e. The van der Waals surface area contributed by atoms with Gasteiger partial charge >= 0.3 is 0 Å². The van der Waals surface area contributed by atoms with Gasteiger partial charge in [0.15, 0.2) is 0 Å². The summed E-state index contributed by atoms with van der Waals surface area (Å²) < 4.78 is 0. The summed E-state index contributed by atoms with van der Waals surface area (Å²) in [6, 6.07) is 6.99. The Morgan fingerprint density at radius 2 is 2.33 bits per heavy atom. The smallest absolute Gasteiger partial charge is 0.129 e. The van der Waals surface area contributed by atoms with E-state index in [1.165, 1.54) is 12.8 Å². The Hall–Kier alpha value is -0.640. The van der Waals surface area contributed by atoms with E-state index in [0.717, 1.165) is 25.3 Å². The summed E-state index contributed by atoms with van der Waals surface area (Å²) in [6.07, 6.45) is 2.58. The fourth-order valence-electron chi connectivity index (χ4n) is 2.40. The summed E-state index contributed by atoms with van der Waals surface area (Å²) >= 11 is 5.94. The molecule has 3 nitrogen and oxygen atoms in total. The van der Waals surface area contributed by atoms with Crippen molar-refractivity contribution < 1.29 is 0 Å². The van der Waals surface area contributed by atoms with Crippen LogP contribution in [-0.2, 0) is 6.54 Å². The van der Waals surface area contributed by atoms with Gasteiger partial charge in [0.05, 0.1) is 5.69 Å². The van der Waals surface area contributed by atoms with Crippen molar-refractivity contribution in [2.24, 2.45) is 0 Å². The Bertz CT molecular complexity index is 375. The van der Waals surface area contributed by atoms with Crippen LogP contribution in [0.4, 0.5) is 0 Å². The molecule has 0 aromatic carbocycles. The third-order valence-electron chi connectivity index (χ3n) is 3.49. The van der Waals surface area contributed by atoms with Crippen LogP contribution in [0, 0.1) is 0 Å². The summed E-state index contributed by atoms with van der Waals surface area (Å²) in [5.74, 6) is 0. The van der Waals surface area contributed by atoms with E-state index in [2.05, 4.69) is 29.0 Å². The van der Waals surface area contributed by atoms with Gasteiger partial charge < -0.3 is 5.32 Å². The zero-order chi connectivity index (χ0) is 13.0. The molecule has 0 bridgehead atoms. The van der Waals surface area contributed by atoms with Crippen LogP contribution in [0.25, 0.3) is 0 Å². The number of pyridine rings is 1. The van der Waals surface area contributed by atoms with Gasteiger partial charge in [0.2, 0.25) is 0 Å². The van der Waals surface area contributed by atoms with Crippen LogP contribution in [0.1, 0.15) is 32.4 Å². The van der Waals surface area contributed by atoms with Crippen LogP contribution in [-0.4, -0.2) is 35.1 Å². The van der Waals surface area contributed by atoms with Crippen LogP contribution >= 0.6 is 11.6 Å². The number of halogens is 1. The van der Waals surface area contributed by atoms with Gasteiger partial charge in [-0.2, -0.15) is 0 Å². The molecule has 1 aliphatic rings. The minimum atomic E-state index is 0.521. The van der Waals surface area contributed by atoms with Crippen LogP contribution in [0.5, 0.6) is 0 Å². The van der Waals surface area contributed by atoms with Crippen molar-refractivity contribution in [1.82, 2.24) is 15.2 Å². The second-order valence-electron chi connectivity index (χ2n) is 5.27.